The number of nitrogens with zero attached hydrogens (tertiary/aromatic N) is 1. The smallest absolute Gasteiger partial charge is 0.265 e. The van der Waals surface area contributed by atoms with Gasteiger partial charge in [0.05, 0.1) is 22.9 Å². The first kappa shape index (κ1) is 22.1. The quantitative estimate of drug-likeness (QED) is 0.551. The van der Waals surface area contributed by atoms with Gasteiger partial charge in [-0.05, 0) is 69.2 Å². The van der Waals surface area contributed by atoms with Gasteiger partial charge in [0.2, 0.25) is 0 Å². The van der Waals surface area contributed by atoms with Crippen LogP contribution in [0.15, 0.2) is 40.6 Å². The monoisotopic (exact) mass is 473 g/mol. The van der Waals surface area contributed by atoms with E-state index in [1.807, 2.05) is 19.9 Å². The number of hydrogen-bond donors (Lipinski definition) is 2. The first-order valence-electron chi connectivity index (χ1n) is 10.0. The van der Waals surface area contributed by atoms with Crippen LogP contribution in [0.25, 0.3) is 11.3 Å². The summed E-state index contributed by atoms with van der Waals surface area (Å²) in [7, 11) is -3.83. The zero-order valence-electron chi connectivity index (χ0n) is 18.1. The first-order chi connectivity index (χ1) is 15.2. The van der Waals surface area contributed by atoms with E-state index in [-0.39, 0.29) is 15.9 Å². The number of carbonyl (C=O) groups is 1. The summed E-state index contributed by atoms with van der Waals surface area (Å²) in [4.78, 5) is 16.5. The molecule has 168 valence electrons. The topological polar surface area (TPSA) is 107 Å². The number of sulfonamides is 1. The van der Waals surface area contributed by atoms with E-state index in [9.17, 15) is 13.2 Å². The third kappa shape index (κ3) is 4.28. The predicted octanol–water partition coefficient (Wildman–Crippen LogP) is 4.35. The number of aromatic nitrogens is 1. The fraction of sp³-hybridized carbons (Fsp3) is 0.273. The molecule has 0 aliphatic carbocycles. The summed E-state index contributed by atoms with van der Waals surface area (Å²) in [5.74, 6) is 1.03. The van der Waals surface area contributed by atoms with Gasteiger partial charge >= 0.3 is 0 Å². The van der Waals surface area contributed by atoms with E-state index in [1.165, 1.54) is 11.3 Å². The molecule has 8 nitrogen and oxygen atoms in total. The lowest BCUT2D eigenvalue weighted by atomic mass is 10.1. The summed E-state index contributed by atoms with van der Waals surface area (Å²) >= 11 is 1.18. The fourth-order valence-corrected chi connectivity index (χ4v) is 5.64. The molecule has 2 aromatic carbocycles. The van der Waals surface area contributed by atoms with Crippen LogP contribution in [0.1, 0.15) is 25.0 Å². The molecule has 1 unspecified atom stereocenters. The Hall–Kier alpha value is -3.11. The number of aryl methyl sites for hydroxylation is 2. The normalized spacial score (nSPS) is 15.5. The maximum atomic E-state index is 13.0. The van der Waals surface area contributed by atoms with Crippen LogP contribution in [0.2, 0.25) is 0 Å². The minimum absolute atomic E-state index is 0.179. The van der Waals surface area contributed by atoms with Gasteiger partial charge in [-0.15, -0.1) is 11.3 Å². The van der Waals surface area contributed by atoms with Crippen molar-refractivity contribution in [3.05, 3.63) is 46.8 Å². The van der Waals surface area contributed by atoms with Crippen LogP contribution in [-0.4, -0.2) is 32.0 Å². The minimum Gasteiger partial charge on any atom is -0.494 e. The Morgan fingerprint density at radius 3 is 2.75 bits per heavy atom. The van der Waals surface area contributed by atoms with Crippen molar-refractivity contribution in [2.24, 2.45) is 0 Å². The summed E-state index contributed by atoms with van der Waals surface area (Å²) in [6.45, 7) is 7.60. The molecule has 2 heterocycles. The van der Waals surface area contributed by atoms with E-state index in [0.717, 1.165) is 11.1 Å². The van der Waals surface area contributed by atoms with Gasteiger partial charge < -0.3 is 14.8 Å². The number of rotatable bonds is 6. The van der Waals surface area contributed by atoms with Gasteiger partial charge in [-0.1, -0.05) is 0 Å². The molecule has 1 aliphatic heterocycles. The minimum atomic E-state index is -3.83. The van der Waals surface area contributed by atoms with E-state index in [1.54, 1.807) is 43.5 Å². The lowest BCUT2D eigenvalue weighted by Crippen LogP contribution is -2.34. The molecule has 0 radical (unpaired) electrons. The number of anilines is 2. The molecule has 4 rings (SSSR count). The van der Waals surface area contributed by atoms with Gasteiger partial charge in [0, 0.05) is 10.9 Å². The van der Waals surface area contributed by atoms with Crippen molar-refractivity contribution in [1.82, 2.24) is 4.98 Å². The summed E-state index contributed by atoms with van der Waals surface area (Å²) in [5, 5.41) is 4.80. The Kier molecular flexibility index (Phi) is 5.83. The number of nitrogens with one attached hydrogen (secondary N) is 2. The number of hydrogen-bond acceptors (Lipinski definition) is 7. The molecular weight excluding hydrogens is 450 g/mol. The summed E-state index contributed by atoms with van der Waals surface area (Å²) in [6.07, 6.45) is -0.552. The second-order valence-corrected chi connectivity index (χ2v) is 9.93. The van der Waals surface area contributed by atoms with E-state index >= 15 is 0 Å². The van der Waals surface area contributed by atoms with E-state index in [2.05, 4.69) is 15.0 Å². The zero-order valence-corrected chi connectivity index (χ0v) is 19.7. The maximum absolute atomic E-state index is 13.0. The van der Waals surface area contributed by atoms with Crippen molar-refractivity contribution in [2.75, 3.05) is 16.6 Å². The molecule has 2 N–H and O–H groups in total. The number of amides is 1. The highest BCUT2D eigenvalue weighted by atomic mass is 32.2. The van der Waals surface area contributed by atoms with Gasteiger partial charge in [0.1, 0.15) is 11.5 Å². The molecule has 0 saturated carbocycles. The van der Waals surface area contributed by atoms with Gasteiger partial charge in [-0.3, -0.25) is 9.52 Å². The molecule has 1 amide bonds. The molecule has 0 spiro atoms. The Morgan fingerprint density at radius 1 is 1.22 bits per heavy atom. The van der Waals surface area contributed by atoms with E-state index in [4.69, 9.17) is 9.47 Å². The number of thiazole rings is 1. The molecule has 10 heteroatoms. The average molecular weight is 474 g/mol. The Bertz CT molecular complexity index is 1300. The average Bonchev–Trinajstić information content (AvgIpc) is 3.19. The van der Waals surface area contributed by atoms with Crippen LogP contribution < -0.4 is 19.5 Å². The number of fused-ring (bicyclic) bond motifs is 1. The van der Waals surface area contributed by atoms with Crippen molar-refractivity contribution in [1.29, 1.82) is 0 Å². The Balaban J connectivity index is 1.58. The van der Waals surface area contributed by atoms with Crippen molar-refractivity contribution < 1.29 is 22.7 Å². The standard InChI is InChI=1S/C22H23N3O5S2/c1-5-29-19-8-13(3)20(9-12(19)2)32(27,28)25-22-24-17(11-31-22)15-6-7-18-16(10-15)23-21(26)14(4)30-18/h6-11,14H,5H2,1-4H3,(H,23,26)(H,24,25). The molecule has 3 aromatic rings. The molecule has 0 bridgehead atoms. The Morgan fingerprint density at radius 2 is 2.00 bits per heavy atom. The molecule has 1 aromatic heterocycles. The van der Waals surface area contributed by atoms with Gasteiger partial charge in [0.25, 0.3) is 15.9 Å². The highest BCUT2D eigenvalue weighted by Gasteiger charge is 2.24. The highest BCUT2D eigenvalue weighted by molar-refractivity contribution is 7.93. The second-order valence-electron chi connectivity index (χ2n) is 7.42. The number of benzene rings is 2. The lowest BCUT2D eigenvalue weighted by Gasteiger charge is -2.23. The largest absolute Gasteiger partial charge is 0.494 e. The van der Waals surface area contributed by atoms with E-state index < -0.39 is 16.1 Å². The van der Waals surface area contributed by atoms with Crippen molar-refractivity contribution in [3.8, 4) is 22.8 Å². The summed E-state index contributed by atoms with van der Waals surface area (Å²) < 4.78 is 39.7. The third-order valence-electron chi connectivity index (χ3n) is 4.99. The van der Waals surface area contributed by atoms with Crippen LogP contribution in [0, 0.1) is 13.8 Å². The fourth-order valence-electron chi connectivity index (χ4n) is 3.35. The molecule has 0 saturated heterocycles. The van der Waals surface area contributed by atoms with Crippen LogP contribution in [0.4, 0.5) is 10.8 Å². The molecule has 1 aliphatic rings. The van der Waals surface area contributed by atoms with Crippen molar-refractivity contribution in [3.63, 3.8) is 0 Å². The molecule has 0 fully saturated rings. The molecule has 32 heavy (non-hydrogen) atoms. The van der Waals surface area contributed by atoms with Gasteiger partial charge in [0.15, 0.2) is 11.2 Å². The SMILES string of the molecule is CCOc1cc(C)c(S(=O)(=O)Nc2nc(-c3ccc4c(c3)NC(=O)C(C)O4)cs2)cc1C. The third-order valence-corrected chi connectivity index (χ3v) is 7.36. The number of ether oxygens (including phenoxy) is 2. The van der Waals surface area contributed by atoms with Crippen molar-refractivity contribution in [2.45, 2.75) is 38.7 Å². The lowest BCUT2D eigenvalue weighted by molar-refractivity contribution is -0.122. The van der Waals surface area contributed by atoms with Crippen LogP contribution in [0.3, 0.4) is 0 Å². The molecular formula is C22H23N3O5S2. The van der Waals surface area contributed by atoms with E-state index in [0.29, 0.717) is 35.1 Å². The van der Waals surface area contributed by atoms with Crippen LogP contribution in [0.5, 0.6) is 11.5 Å². The van der Waals surface area contributed by atoms with Crippen LogP contribution in [-0.2, 0) is 14.8 Å². The molecule has 1 atom stereocenters. The summed E-state index contributed by atoms with van der Waals surface area (Å²) in [5.41, 5.74) is 3.20. The van der Waals surface area contributed by atoms with Gasteiger partial charge in [-0.25, -0.2) is 13.4 Å². The van der Waals surface area contributed by atoms with Crippen LogP contribution >= 0.6 is 11.3 Å². The van der Waals surface area contributed by atoms with Gasteiger partial charge in [-0.2, -0.15) is 0 Å². The summed E-state index contributed by atoms with van der Waals surface area (Å²) in [6, 6.07) is 8.66. The maximum Gasteiger partial charge on any atom is 0.265 e. The highest BCUT2D eigenvalue weighted by Crippen LogP contribution is 2.35. The van der Waals surface area contributed by atoms with Crippen molar-refractivity contribution >= 4 is 38.1 Å². The first-order valence-corrected chi connectivity index (χ1v) is 12.4. The predicted molar refractivity (Wildman–Crippen MR) is 124 cm³/mol. The number of carbonyl (C=O) groups excluding carboxylic acids is 1. The zero-order chi connectivity index (χ0) is 23.0. The Labute approximate surface area is 190 Å². The second kappa shape index (κ2) is 8.44.